The highest BCUT2D eigenvalue weighted by molar-refractivity contribution is 5.94. The van der Waals surface area contributed by atoms with Crippen LogP contribution in [0.15, 0.2) is 36.7 Å². The topological polar surface area (TPSA) is 56.1 Å². The van der Waals surface area contributed by atoms with Crippen LogP contribution >= 0.6 is 0 Å². The molecule has 0 saturated carbocycles. The average Bonchev–Trinajstić information content (AvgIpc) is 2.86. The molecule has 20 heavy (non-hydrogen) atoms. The average molecular weight is 273 g/mol. The van der Waals surface area contributed by atoms with Crippen molar-refractivity contribution in [2.75, 3.05) is 6.61 Å². The number of rotatable bonds is 5. The minimum absolute atomic E-state index is 0.0808. The second-order valence-corrected chi connectivity index (χ2v) is 4.60. The van der Waals surface area contributed by atoms with Crippen LogP contribution < -0.4 is 10.1 Å². The third-order valence-electron chi connectivity index (χ3n) is 3.00. The lowest BCUT2D eigenvalue weighted by Crippen LogP contribution is -2.26. The molecule has 0 radical (unpaired) electrons. The monoisotopic (exact) mass is 273 g/mol. The highest BCUT2D eigenvalue weighted by Gasteiger charge is 2.12. The molecule has 0 aliphatic heterocycles. The summed E-state index contributed by atoms with van der Waals surface area (Å²) in [4.78, 5) is 12.1. The summed E-state index contributed by atoms with van der Waals surface area (Å²) in [5.41, 5.74) is 1.59. The molecule has 106 valence electrons. The van der Waals surface area contributed by atoms with Crippen LogP contribution in [-0.4, -0.2) is 22.3 Å². The molecule has 1 N–H and O–H groups in total. The number of hydrogen-bond donors (Lipinski definition) is 1. The molecule has 0 fully saturated rings. The summed E-state index contributed by atoms with van der Waals surface area (Å²) in [5, 5.41) is 7.04. The summed E-state index contributed by atoms with van der Waals surface area (Å²) in [5.74, 6) is 0.661. The molecule has 5 nitrogen and oxygen atoms in total. The van der Waals surface area contributed by atoms with Gasteiger partial charge in [0.25, 0.3) is 5.91 Å². The number of carbonyl (C=O) groups excluding carboxylic acids is 1. The number of carbonyl (C=O) groups is 1. The molecule has 0 spiro atoms. The van der Waals surface area contributed by atoms with Crippen molar-refractivity contribution in [3.8, 4) is 5.75 Å². The molecule has 1 unspecified atom stereocenters. The summed E-state index contributed by atoms with van der Waals surface area (Å²) >= 11 is 0. The first-order valence-electron chi connectivity index (χ1n) is 6.62. The summed E-state index contributed by atoms with van der Waals surface area (Å²) in [6.07, 6.45) is 3.65. The number of ether oxygens (including phenoxy) is 1. The molecular formula is C15H19N3O2. The Morgan fingerprint density at radius 3 is 2.65 bits per heavy atom. The van der Waals surface area contributed by atoms with Gasteiger partial charge in [-0.3, -0.25) is 9.48 Å². The van der Waals surface area contributed by atoms with Crippen molar-refractivity contribution in [2.45, 2.75) is 19.9 Å². The zero-order valence-corrected chi connectivity index (χ0v) is 12.0. The van der Waals surface area contributed by atoms with Crippen LogP contribution in [0.3, 0.4) is 0 Å². The van der Waals surface area contributed by atoms with E-state index in [1.165, 1.54) is 0 Å². The zero-order valence-electron chi connectivity index (χ0n) is 12.0. The molecule has 0 aliphatic carbocycles. The fraction of sp³-hybridized carbons (Fsp3) is 0.333. The van der Waals surface area contributed by atoms with Crippen LogP contribution in [0.2, 0.25) is 0 Å². The Bertz CT molecular complexity index is 575. The Labute approximate surface area is 118 Å². The predicted octanol–water partition coefficient (Wildman–Crippen LogP) is 2.31. The molecule has 0 saturated heterocycles. The highest BCUT2D eigenvalue weighted by atomic mass is 16.5. The Morgan fingerprint density at radius 2 is 2.10 bits per heavy atom. The Balaban J connectivity index is 2.00. The number of aryl methyl sites for hydroxylation is 1. The van der Waals surface area contributed by atoms with Gasteiger partial charge in [-0.15, -0.1) is 0 Å². The molecule has 1 aromatic carbocycles. The Morgan fingerprint density at radius 1 is 1.40 bits per heavy atom. The molecule has 0 aliphatic rings. The molecule has 1 heterocycles. The van der Waals surface area contributed by atoms with Crippen LogP contribution in [0.4, 0.5) is 0 Å². The zero-order chi connectivity index (χ0) is 14.5. The van der Waals surface area contributed by atoms with Crippen molar-refractivity contribution in [1.82, 2.24) is 15.1 Å². The normalized spacial score (nSPS) is 11.9. The number of nitrogens with zero attached hydrogens (tertiary/aromatic N) is 2. The van der Waals surface area contributed by atoms with Gasteiger partial charge in [-0.1, -0.05) is 0 Å². The quantitative estimate of drug-likeness (QED) is 0.909. The standard InChI is InChI=1S/C15H19N3O2/c1-4-20-14-7-5-12(6-8-14)15(19)17-11(2)13-9-16-18(3)10-13/h5-11H,4H2,1-3H3,(H,17,19). The lowest BCUT2D eigenvalue weighted by molar-refractivity contribution is 0.0940. The maximum atomic E-state index is 12.1. The third kappa shape index (κ3) is 3.38. The van der Waals surface area contributed by atoms with E-state index in [4.69, 9.17) is 4.74 Å². The summed E-state index contributed by atoms with van der Waals surface area (Å²) in [6, 6.07) is 7.04. The number of hydrogen-bond acceptors (Lipinski definition) is 3. The lowest BCUT2D eigenvalue weighted by Gasteiger charge is -2.12. The van der Waals surface area contributed by atoms with Crippen molar-refractivity contribution in [1.29, 1.82) is 0 Å². The van der Waals surface area contributed by atoms with Gasteiger partial charge >= 0.3 is 0 Å². The molecule has 1 aromatic heterocycles. The maximum absolute atomic E-state index is 12.1. The minimum Gasteiger partial charge on any atom is -0.494 e. The van der Waals surface area contributed by atoms with Gasteiger partial charge in [0, 0.05) is 24.4 Å². The molecule has 5 heteroatoms. The van der Waals surface area contributed by atoms with Gasteiger partial charge in [-0.25, -0.2) is 0 Å². The van der Waals surface area contributed by atoms with E-state index in [1.807, 2.05) is 27.1 Å². The van der Waals surface area contributed by atoms with Crippen molar-refractivity contribution in [3.05, 3.63) is 47.8 Å². The van der Waals surface area contributed by atoms with E-state index in [0.717, 1.165) is 11.3 Å². The van der Waals surface area contributed by atoms with Crippen molar-refractivity contribution >= 4 is 5.91 Å². The second kappa shape index (κ2) is 6.23. The number of aromatic nitrogens is 2. The van der Waals surface area contributed by atoms with E-state index >= 15 is 0 Å². The molecule has 2 aromatic rings. The van der Waals surface area contributed by atoms with Gasteiger partial charge in [0.1, 0.15) is 5.75 Å². The largest absolute Gasteiger partial charge is 0.494 e. The van der Waals surface area contributed by atoms with Crippen LogP contribution in [0, 0.1) is 0 Å². The molecular weight excluding hydrogens is 254 g/mol. The first kappa shape index (κ1) is 14.1. The first-order chi connectivity index (χ1) is 9.60. The minimum atomic E-state index is -0.107. The van der Waals surface area contributed by atoms with E-state index in [1.54, 1.807) is 35.1 Å². The smallest absolute Gasteiger partial charge is 0.251 e. The van der Waals surface area contributed by atoms with Crippen LogP contribution in [-0.2, 0) is 7.05 Å². The van der Waals surface area contributed by atoms with Gasteiger partial charge in [-0.2, -0.15) is 5.10 Å². The molecule has 0 bridgehead atoms. The van der Waals surface area contributed by atoms with E-state index in [0.29, 0.717) is 12.2 Å². The van der Waals surface area contributed by atoms with Gasteiger partial charge < -0.3 is 10.1 Å². The number of amides is 1. The number of nitrogens with one attached hydrogen (secondary N) is 1. The van der Waals surface area contributed by atoms with Crippen LogP contribution in [0.25, 0.3) is 0 Å². The SMILES string of the molecule is CCOc1ccc(C(=O)NC(C)c2cnn(C)c2)cc1. The molecule has 1 amide bonds. The van der Waals surface area contributed by atoms with Gasteiger partial charge in [-0.05, 0) is 38.1 Å². The fourth-order valence-electron chi connectivity index (χ4n) is 1.90. The second-order valence-electron chi connectivity index (χ2n) is 4.60. The van der Waals surface area contributed by atoms with E-state index in [-0.39, 0.29) is 11.9 Å². The van der Waals surface area contributed by atoms with Crippen molar-refractivity contribution in [2.24, 2.45) is 7.05 Å². The Kier molecular flexibility index (Phi) is 4.40. The van der Waals surface area contributed by atoms with Crippen molar-refractivity contribution < 1.29 is 9.53 Å². The van der Waals surface area contributed by atoms with Crippen LogP contribution in [0.5, 0.6) is 5.75 Å². The van der Waals surface area contributed by atoms with Gasteiger partial charge in [0.2, 0.25) is 0 Å². The van der Waals surface area contributed by atoms with Gasteiger partial charge in [0.05, 0.1) is 18.8 Å². The highest BCUT2D eigenvalue weighted by Crippen LogP contribution is 2.14. The van der Waals surface area contributed by atoms with E-state index in [9.17, 15) is 4.79 Å². The van der Waals surface area contributed by atoms with Crippen molar-refractivity contribution in [3.63, 3.8) is 0 Å². The maximum Gasteiger partial charge on any atom is 0.251 e. The number of benzene rings is 1. The molecule has 1 atom stereocenters. The third-order valence-corrected chi connectivity index (χ3v) is 3.00. The first-order valence-corrected chi connectivity index (χ1v) is 6.62. The van der Waals surface area contributed by atoms with E-state index < -0.39 is 0 Å². The predicted molar refractivity (Wildman–Crippen MR) is 76.7 cm³/mol. The van der Waals surface area contributed by atoms with Crippen LogP contribution in [0.1, 0.15) is 35.8 Å². The Hall–Kier alpha value is -2.30. The summed E-state index contributed by atoms with van der Waals surface area (Å²) < 4.78 is 7.07. The van der Waals surface area contributed by atoms with Gasteiger partial charge in [0.15, 0.2) is 0 Å². The summed E-state index contributed by atoms with van der Waals surface area (Å²) in [6.45, 7) is 4.48. The lowest BCUT2D eigenvalue weighted by atomic mass is 10.1. The molecule has 2 rings (SSSR count). The fourth-order valence-corrected chi connectivity index (χ4v) is 1.90. The summed E-state index contributed by atoms with van der Waals surface area (Å²) in [7, 11) is 1.85. The van der Waals surface area contributed by atoms with E-state index in [2.05, 4.69) is 10.4 Å².